The summed E-state index contributed by atoms with van der Waals surface area (Å²) in [4.78, 5) is 16.7. The average molecular weight is 326 g/mol. The first-order valence-electron chi connectivity index (χ1n) is 8.36. The number of nitrogens with one attached hydrogen (secondary N) is 2. The number of carbonyl (C=O) groups is 1. The average Bonchev–Trinajstić information content (AvgIpc) is 3.10. The van der Waals surface area contributed by atoms with Gasteiger partial charge in [-0.25, -0.2) is 4.98 Å². The number of amides is 1. The Hall–Kier alpha value is -2.34. The number of carbonyl (C=O) groups excluding carboxylic acids is 1. The topological polar surface area (TPSA) is 68.2 Å². The number of hydrogen-bond donors (Lipinski definition) is 2. The molecule has 1 amide bonds. The predicted octanol–water partition coefficient (Wildman–Crippen LogP) is 1.63. The van der Waals surface area contributed by atoms with Gasteiger partial charge >= 0.3 is 0 Å². The molecule has 0 radical (unpaired) electrons. The van der Waals surface area contributed by atoms with Gasteiger partial charge in [0.1, 0.15) is 22.9 Å². The summed E-state index contributed by atoms with van der Waals surface area (Å²) in [6.07, 6.45) is 2.73. The molecule has 0 fully saturated rings. The maximum absolute atomic E-state index is 12.3. The van der Waals surface area contributed by atoms with E-state index in [9.17, 15) is 4.79 Å². The second-order valence-corrected chi connectivity index (χ2v) is 7.08. The Morgan fingerprint density at radius 2 is 2.33 bits per heavy atom. The summed E-state index contributed by atoms with van der Waals surface area (Å²) in [5.74, 6) is 1.74. The monoisotopic (exact) mass is 326 g/mol. The Kier molecular flexibility index (Phi) is 3.57. The maximum Gasteiger partial charge on any atom is 0.271 e. The quantitative estimate of drug-likeness (QED) is 0.899. The normalized spacial score (nSPS) is 17.8. The van der Waals surface area contributed by atoms with Gasteiger partial charge in [0.25, 0.3) is 5.91 Å². The van der Waals surface area contributed by atoms with E-state index >= 15 is 0 Å². The fourth-order valence-electron chi connectivity index (χ4n) is 3.34. The van der Waals surface area contributed by atoms with Crippen molar-refractivity contribution < 1.29 is 9.53 Å². The number of benzene rings is 1. The van der Waals surface area contributed by atoms with E-state index in [2.05, 4.69) is 35.5 Å². The predicted molar refractivity (Wildman–Crippen MR) is 90.0 cm³/mol. The van der Waals surface area contributed by atoms with Gasteiger partial charge in [0.15, 0.2) is 0 Å². The number of aromatic nitrogens is 2. The molecule has 0 aliphatic carbocycles. The van der Waals surface area contributed by atoms with Gasteiger partial charge in [0, 0.05) is 32.3 Å². The number of imidazole rings is 1. The first-order valence-corrected chi connectivity index (χ1v) is 8.36. The molecule has 0 unspecified atom stereocenters. The van der Waals surface area contributed by atoms with E-state index in [1.54, 1.807) is 0 Å². The Bertz CT molecular complexity index is 771. The second-order valence-electron chi connectivity index (χ2n) is 7.08. The lowest BCUT2D eigenvalue weighted by Gasteiger charge is -2.16. The number of ether oxygens (including phenoxy) is 1. The molecule has 0 atom stereocenters. The van der Waals surface area contributed by atoms with Crippen molar-refractivity contribution in [3.63, 3.8) is 0 Å². The summed E-state index contributed by atoms with van der Waals surface area (Å²) in [7, 11) is 0. The van der Waals surface area contributed by atoms with Crippen molar-refractivity contribution in [2.45, 2.75) is 45.5 Å². The molecule has 4 rings (SSSR count). The third-order valence-electron chi connectivity index (χ3n) is 4.48. The van der Waals surface area contributed by atoms with Crippen LogP contribution in [0.25, 0.3) is 0 Å². The molecular weight excluding hydrogens is 304 g/mol. The van der Waals surface area contributed by atoms with Crippen LogP contribution in [0.2, 0.25) is 0 Å². The summed E-state index contributed by atoms with van der Waals surface area (Å²) in [5, 5.41) is 6.21. The third-order valence-corrected chi connectivity index (χ3v) is 4.48. The van der Waals surface area contributed by atoms with E-state index in [0.717, 1.165) is 36.6 Å². The van der Waals surface area contributed by atoms with Crippen molar-refractivity contribution in [3.8, 4) is 5.75 Å². The van der Waals surface area contributed by atoms with Gasteiger partial charge in [-0.05, 0) is 31.0 Å². The fourth-order valence-corrected chi connectivity index (χ4v) is 3.34. The van der Waals surface area contributed by atoms with Crippen molar-refractivity contribution in [1.82, 2.24) is 20.2 Å². The van der Waals surface area contributed by atoms with Crippen LogP contribution < -0.4 is 15.4 Å². The lowest BCUT2D eigenvalue weighted by atomic mass is 10.0. The van der Waals surface area contributed by atoms with Crippen LogP contribution in [0, 0.1) is 0 Å². The van der Waals surface area contributed by atoms with E-state index in [-0.39, 0.29) is 11.5 Å². The molecule has 0 saturated heterocycles. The van der Waals surface area contributed by atoms with Gasteiger partial charge < -0.3 is 19.9 Å². The molecule has 0 saturated carbocycles. The van der Waals surface area contributed by atoms with Crippen LogP contribution in [0.5, 0.6) is 5.75 Å². The van der Waals surface area contributed by atoms with Gasteiger partial charge in [0.05, 0.1) is 6.54 Å². The Balaban J connectivity index is 1.42. The zero-order valence-corrected chi connectivity index (χ0v) is 14.1. The maximum atomic E-state index is 12.3. The molecule has 24 heavy (non-hydrogen) atoms. The van der Waals surface area contributed by atoms with Crippen molar-refractivity contribution in [2.75, 3.05) is 6.54 Å². The molecule has 1 aromatic heterocycles. The Labute approximate surface area is 141 Å². The van der Waals surface area contributed by atoms with Gasteiger partial charge in [-0.1, -0.05) is 12.1 Å². The molecule has 6 heteroatoms. The highest BCUT2D eigenvalue weighted by Gasteiger charge is 2.29. The molecule has 2 N–H and O–H groups in total. The van der Waals surface area contributed by atoms with Crippen LogP contribution in [0.15, 0.2) is 24.4 Å². The van der Waals surface area contributed by atoms with E-state index in [0.29, 0.717) is 18.8 Å². The van der Waals surface area contributed by atoms with Crippen molar-refractivity contribution in [1.29, 1.82) is 0 Å². The largest absolute Gasteiger partial charge is 0.487 e. The minimum atomic E-state index is -0.145. The standard InChI is InChI=1S/C18H22N4O2/c1-18(2)8-13-7-12(3-4-15(13)24-18)9-20-17(23)14-11-22-6-5-19-10-16(22)21-14/h3-4,7,11,19H,5-6,8-10H2,1-2H3,(H,20,23). The number of fused-ring (bicyclic) bond motifs is 2. The summed E-state index contributed by atoms with van der Waals surface area (Å²) < 4.78 is 7.93. The molecule has 2 aromatic rings. The lowest BCUT2D eigenvalue weighted by Crippen LogP contribution is -2.27. The Morgan fingerprint density at radius 1 is 1.46 bits per heavy atom. The molecule has 0 spiro atoms. The zero-order valence-electron chi connectivity index (χ0n) is 14.1. The van der Waals surface area contributed by atoms with E-state index in [4.69, 9.17) is 4.74 Å². The SMILES string of the molecule is CC1(C)Cc2cc(CNC(=O)c3cn4c(n3)CNCC4)ccc2O1. The third kappa shape index (κ3) is 2.89. The summed E-state index contributed by atoms with van der Waals surface area (Å²) >= 11 is 0. The molecule has 1 aromatic carbocycles. The van der Waals surface area contributed by atoms with Crippen LogP contribution in [0.4, 0.5) is 0 Å². The Morgan fingerprint density at radius 3 is 3.17 bits per heavy atom. The van der Waals surface area contributed by atoms with E-state index in [1.165, 1.54) is 5.56 Å². The zero-order chi connectivity index (χ0) is 16.7. The fraction of sp³-hybridized carbons (Fsp3) is 0.444. The minimum Gasteiger partial charge on any atom is -0.487 e. The highest BCUT2D eigenvalue weighted by molar-refractivity contribution is 5.92. The first kappa shape index (κ1) is 15.2. The van der Waals surface area contributed by atoms with Crippen LogP contribution in [-0.4, -0.2) is 27.6 Å². The molecule has 126 valence electrons. The number of rotatable bonds is 3. The number of nitrogens with zero attached hydrogens (tertiary/aromatic N) is 2. The molecular formula is C18H22N4O2. The van der Waals surface area contributed by atoms with Crippen LogP contribution >= 0.6 is 0 Å². The molecule has 0 bridgehead atoms. The molecule has 2 aliphatic rings. The minimum absolute atomic E-state index is 0.131. The van der Waals surface area contributed by atoms with Gasteiger partial charge in [-0.2, -0.15) is 0 Å². The van der Waals surface area contributed by atoms with Gasteiger partial charge in [-0.3, -0.25) is 4.79 Å². The number of hydrogen-bond acceptors (Lipinski definition) is 4. The van der Waals surface area contributed by atoms with Crippen molar-refractivity contribution in [3.05, 3.63) is 47.0 Å². The van der Waals surface area contributed by atoms with Crippen molar-refractivity contribution >= 4 is 5.91 Å². The highest BCUT2D eigenvalue weighted by atomic mass is 16.5. The van der Waals surface area contributed by atoms with E-state index in [1.807, 2.05) is 22.9 Å². The smallest absolute Gasteiger partial charge is 0.271 e. The summed E-state index contributed by atoms with van der Waals surface area (Å²) in [6.45, 7) is 7.16. The van der Waals surface area contributed by atoms with Crippen LogP contribution in [0.1, 0.15) is 41.3 Å². The first-order chi connectivity index (χ1) is 11.5. The van der Waals surface area contributed by atoms with Crippen LogP contribution in [-0.2, 0) is 26.1 Å². The lowest BCUT2D eigenvalue weighted by molar-refractivity contribution is 0.0946. The summed E-state index contributed by atoms with van der Waals surface area (Å²) in [6, 6.07) is 6.11. The van der Waals surface area contributed by atoms with Gasteiger partial charge in [-0.15, -0.1) is 0 Å². The van der Waals surface area contributed by atoms with Gasteiger partial charge in [0.2, 0.25) is 0 Å². The van der Waals surface area contributed by atoms with E-state index < -0.39 is 0 Å². The highest BCUT2D eigenvalue weighted by Crippen LogP contribution is 2.35. The molecule has 2 aliphatic heterocycles. The van der Waals surface area contributed by atoms with Crippen molar-refractivity contribution in [2.24, 2.45) is 0 Å². The van der Waals surface area contributed by atoms with Crippen LogP contribution in [0.3, 0.4) is 0 Å². The second kappa shape index (κ2) is 5.63. The summed E-state index contributed by atoms with van der Waals surface area (Å²) in [5.41, 5.74) is 2.62. The molecule has 3 heterocycles. The molecule has 6 nitrogen and oxygen atoms in total.